The van der Waals surface area contributed by atoms with Gasteiger partial charge in [-0.25, -0.2) is 14.1 Å². The van der Waals surface area contributed by atoms with E-state index in [-0.39, 0.29) is 44.1 Å². The number of carbonyl (C=O) groups excluding carboxylic acids is 3. The number of ether oxygens (including phenoxy) is 3. The van der Waals surface area contributed by atoms with Crippen LogP contribution in [0.15, 0.2) is 103 Å². The summed E-state index contributed by atoms with van der Waals surface area (Å²) in [7, 11) is 0. The zero-order chi connectivity index (χ0) is 40.4. The predicted molar refractivity (Wildman–Crippen MR) is 188 cm³/mol. The molecule has 0 N–H and O–H groups in total. The summed E-state index contributed by atoms with van der Waals surface area (Å²) < 4.78 is 114. The van der Waals surface area contributed by atoms with E-state index in [0.717, 1.165) is 4.90 Å². The van der Waals surface area contributed by atoms with Gasteiger partial charge in [0.1, 0.15) is 24.4 Å². The second-order valence-corrected chi connectivity index (χ2v) is 14.4. The van der Waals surface area contributed by atoms with E-state index in [0.29, 0.717) is 28.8 Å². The van der Waals surface area contributed by atoms with Gasteiger partial charge in [-0.3, -0.25) is 9.59 Å². The average molecular weight is 786 g/mol. The lowest BCUT2D eigenvalue weighted by Gasteiger charge is -2.34. The van der Waals surface area contributed by atoms with Crippen LogP contribution in [0, 0.1) is 17.2 Å². The largest absolute Gasteiger partial charge is 0.460 e. The number of hydrogen-bond donors (Lipinski definition) is 0. The Morgan fingerprint density at radius 1 is 0.786 bits per heavy atom. The quantitative estimate of drug-likeness (QED) is 0.0905. The molecule has 2 aliphatic rings. The van der Waals surface area contributed by atoms with Gasteiger partial charge in [-0.2, -0.15) is 26.3 Å². The van der Waals surface area contributed by atoms with Gasteiger partial charge in [0.15, 0.2) is 0 Å². The molecule has 0 spiro atoms. The van der Waals surface area contributed by atoms with Crippen LogP contribution in [0.25, 0.3) is 0 Å². The van der Waals surface area contributed by atoms with E-state index in [9.17, 15) is 45.1 Å². The van der Waals surface area contributed by atoms with E-state index in [1.807, 2.05) is 0 Å². The highest BCUT2D eigenvalue weighted by molar-refractivity contribution is 6.09. The summed E-state index contributed by atoms with van der Waals surface area (Å²) in [5, 5.41) is 0. The molecule has 1 saturated heterocycles. The number of benzene rings is 4. The first-order valence-electron chi connectivity index (χ1n) is 17.9. The van der Waals surface area contributed by atoms with Gasteiger partial charge in [-0.05, 0) is 91.6 Å². The summed E-state index contributed by atoms with van der Waals surface area (Å²) >= 11 is 0. The summed E-state index contributed by atoms with van der Waals surface area (Å²) in [6.07, 6.45) is -13.1. The lowest BCUT2D eigenvalue weighted by Crippen LogP contribution is -2.46. The molecule has 2 amide bonds. The lowest BCUT2D eigenvalue weighted by atomic mass is 9.78. The van der Waals surface area contributed by atoms with Gasteiger partial charge in [-0.1, -0.05) is 72.8 Å². The lowest BCUT2D eigenvalue weighted by molar-refractivity contribution is -0.161. The summed E-state index contributed by atoms with van der Waals surface area (Å²) in [6.45, 7) is 2.37. The molecule has 4 aromatic rings. The van der Waals surface area contributed by atoms with Gasteiger partial charge in [0, 0.05) is 12.0 Å². The predicted octanol–water partition coefficient (Wildman–Crippen LogP) is 10.2. The highest BCUT2D eigenvalue weighted by Crippen LogP contribution is 2.52. The molecule has 1 saturated carbocycles. The van der Waals surface area contributed by atoms with E-state index in [1.54, 1.807) is 60.7 Å². The van der Waals surface area contributed by atoms with Crippen molar-refractivity contribution in [2.45, 2.75) is 82.8 Å². The Bertz CT molecular complexity index is 1990. The maximum absolute atomic E-state index is 14.3. The van der Waals surface area contributed by atoms with Crippen molar-refractivity contribution >= 4 is 18.0 Å². The van der Waals surface area contributed by atoms with Gasteiger partial charge in [-0.15, -0.1) is 0 Å². The number of alkyl halides is 6. The number of halogens is 7. The minimum atomic E-state index is -5.08. The third-order valence-electron chi connectivity index (χ3n) is 10.6. The van der Waals surface area contributed by atoms with Crippen molar-refractivity contribution in [1.29, 1.82) is 0 Å². The SMILES string of the molecule is C[C@@H](O[C@H]1CC[C@@H]([C@H]2C[C@@](C)(C(=O)OCc3ccccc3)C(=O)N2C(=O)OCc2ccccc2)[C@@H]1c1ccc(F)cc1)c1cc(C(F)(F)F)cc(C(F)(F)F)c1. The molecule has 14 heteroatoms. The number of imide groups is 1. The van der Waals surface area contributed by atoms with Crippen LogP contribution in [0.1, 0.15) is 78.5 Å². The highest BCUT2D eigenvalue weighted by atomic mass is 19.4. The summed E-state index contributed by atoms with van der Waals surface area (Å²) in [5.41, 5.74) is -3.44. The normalized spacial score (nSPS) is 23.2. The minimum Gasteiger partial charge on any atom is -0.460 e. The van der Waals surface area contributed by atoms with Crippen LogP contribution >= 0.6 is 0 Å². The third-order valence-corrected chi connectivity index (χ3v) is 10.6. The van der Waals surface area contributed by atoms with Crippen molar-refractivity contribution in [3.8, 4) is 0 Å². The molecule has 296 valence electrons. The molecule has 7 nitrogen and oxygen atoms in total. The molecule has 0 aromatic heterocycles. The molecule has 0 unspecified atom stereocenters. The van der Waals surface area contributed by atoms with Gasteiger partial charge >= 0.3 is 24.4 Å². The fraction of sp³-hybridized carbons (Fsp3) is 0.357. The van der Waals surface area contributed by atoms with E-state index < -0.39 is 82.8 Å². The first kappa shape index (κ1) is 40.4. The highest BCUT2D eigenvalue weighted by Gasteiger charge is 2.61. The topological polar surface area (TPSA) is 82.1 Å². The smallest absolute Gasteiger partial charge is 0.417 e. The Morgan fingerprint density at radius 3 is 1.86 bits per heavy atom. The van der Waals surface area contributed by atoms with Crippen LogP contribution in [0.5, 0.6) is 0 Å². The van der Waals surface area contributed by atoms with E-state index in [2.05, 4.69) is 0 Å². The number of rotatable bonds is 10. The van der Waals surface area contributed by atoms with Crippen LogP contribution < -0.4 is 0 Å². The Labute approximate surface area is 318 Å². The number of hydrogen-bond acceptors (Lipinski definition) is 6. The number of nitrogens with zero attached hydrogens (tertiary/aromatic N) is 1. The monoisotopic (exact) mass is 785 g/mol. The number of likely N-dealkylation sites (tertiary alicyclic amines) is 1. The van der Waals surface area contributed by atoms with Gasteiger partial charge in [0.05, 0.1) is 23.3 Å². The summed E-state index contributed by atoms with van der Waals surface area (Å²) in [6, 6.07) is 23.0. The fourth-order valence-electron chi connectivity index (χ4n) is 7.69. The molecule has 2 fully saturated rings. The zero-order valence-electron chi connectivity index (χ0n) is 30.3. The molecule has 56 heavy (non-hydrogen) atoms. The van der Waals surface area contributed by atoms with Crippen molar-refractivity contribution in [2.24, 2.45) is 11.3 Å². The molecule has 1 aliphatic carbocycles. The Morgan fingerprint density at radius 2 is 1.32 bits per heavy atom. The second-order valence-electron chi connectivity index (χ2n) is 14.4. The first-order chi connectivity index (χ1) is 26.5. The number of carbonyl (C=O) groups is 3. The molecular formula is C42H38F7NO6. The maximum atomic E-state index is 14.3. The summed E-state index contributed by atoms with van der Waals surface area (Å²) in [4.78, 5) is 42.9. The molecule has 1 heterocycles. The van der Waals surface area contributed by atoms with Crippen LogP contribution in [0.2, 0.25) is 0 Å². The molecule has 6 atom stereocenters. The number of esters is 1. The molecule has 1 aliphatic heterocycles. The minimum absolute atomic E-state index is 0.0353. The van der Waals surface area contributed by atoms with Crippen molar-refractivity contribution in [3.63, 3.8) is 0 Å². The molecule has 0 bridgehead atoms. The van der Waals surface area contributed by atoms with E-state index >= 15 is 0 Å². The van der Waals surface area contributed by atoms with E-state index in [1.165, 1.54) is 38.1 Å². The van der Waals surface area contributed by atoms with Crippen LogP contribution in [-0.2, 0) is 49.4 Å². The number of amides is 2. The standard InChI is InChI=1S/C42H38F7NO6/c1-25(29-19-30(41(44,45)46)21-31(20-29)42(47,48)49)56-35-18-17-33(36(35)28-13-15-32(43)16-14-28)34-22-40(2,38(52)54-23-26-9-5-3-6-10-26)37(51)50(34)39(53)55-24-27-11-7-4-8-12-27/h3-16,19-21,25,33-36H,17-18,22-24H2,1-2H3/t25-,33+,34-,35+,36+,40-/m1/s1. The summed E-state index contributed by atoms with van der Waals surface area (Å²) in [5.74, 6) is -3.76. The van der Waals surface area contributed by atoms with Crippen molar-refractivity contribution in [3.05, 3.63) is 142 Å². The average Bonchev–Trinajstić information content (AvgIpc) is 3.70. The fourth-order valence-corrected chi connectivity index (χ4v) is 7.69. The Balaban J connectivity index is 1.34. The zero-order valence-corrected chi connectivity index (χ0v) is 30.3. The van der Waals surface area contributed by atoms with Gasteiger partial charge in [0.25, 0.3) is 0 Å². The Hall–Kier alpha value is -5.24. The molecule has 0 radical (unpaired) electrons. The molecular weight excluding hydrogens is 747 g/mol. The maximum Gasteiger partial charge on any atom is 0.417 e. The van der Waals surface area contributed by atoms with Gasteiger partial charge < -0.3 is 14.2 Å². The van der Waals surface area contributed by atoms with Crippen LogP contribution in [0.4, 0.5) is 35.5 Å². The van der Waals surface area contributed by atoms with Crippen LogP contribution in [-0.4, -0.2) is 35.0 Å². The van der Waals surface area contributed by atoms with E-state index in [4.69, 9.17) is 14.2 Å². The van der Waals surface area contributed by atoms with Crippen molar-refractivity contribution in [1.82, 2.24) is 4.90 Å². The van der Waals surface area contributed by atoms with Crippen LogP contribution in [0.3, 0.4) is 0 Å². The van der Waals surface area contributed by atoms with Gasteiger partial charge in [0.2, 0.25) is 5.91 Å². The first-order valence-corrected chi connectivity index (χ1v) is 17.9. The molecule has 4 aromatic carbocycles. The molecule has 6 rings (SSSR count). The van der Waals surface area contributed by atoms with Crippen molar-refractivity contribution < 1.29 is 59.3 Å². The van der Waals surface area contributed by atoms with Crippen molar-refractivity contribution in [2.75, 3.05) is 0 Å². The Kier molecular flexibility index (Phi) is 11.6. The third kappa shape index (κ3) is 8.75. The second kappa shape index (κ2) is 16.1.